The lowest BCUT2D eigenvalue weighted by atomic mass is 9.90. The van der Waals surface area contributed by atoms with Gasteiger partial charge in [0.1, 0.15) is 5.75 Å². The first-order chi connectivity index (χ1) is 10.2. The summed E-state index contributed by atoms with van der Waals surface area (Å²) >= 11 is 0. The van der Waals surface area contributed by atoms with Crippen molar-refractivity contribution in [3.63, 3.8) is 0 Å². The lowest BCUT2D eigenvalue weighted by molar-refractivity contribution is 0.0918. The van der Waals surface area contributed by atoms with Gasteiger partial charge in [-0.15, -0.1) is 0 Å². The van der Waals surface area contributed by atoms with Crippen molar-refractivity contribution in [2.24, 2.45) is 11.7 Å². The van der Waals surface area contributed by atoms with E-state index in [2.05, 4.69) is 41.8 Å². The molecule has 3 rings (SSSR count). The molecule has 1 fully saturated rings. The van der Waals surface area contributed by atoms with Gasteiger partial charge in [-0.05, 0) is 19.5 Å². The average Bonchev–Trinajstić information content (AvgIpc) is 2.51. The molecule has 4 nitrogen and oxygen atoms in total. The van der Waals surface area contributed by atoms with Crippen LogP contribution in [0.15, 0.2) is 18.2 Å². The molecule has 0 bridgehead atoms. The molecule has 1 saturated heterocycles. The molecule has 2 N–H and O–H groups in total. The van der Waals surface area contributed by atoms with E-state index < -0.39 is 0 Å². The minimum absolute atomic E-state index is 0.0952. The van der Waals surface area contributed by atoms with Crippen molar-refractivity contribution >= 4 is 0 Å². The predicted octanol–water partition coefficient (Wildman–Crippen LogP) is 1.64. The molecule has 21 heavy (non-hydrogen) atoms. The minimum atomic E-state index is 0.0952. The van der Waals surface area contributed by atoms with Crippen molar-refractivity contribution in [1.82, 2.24) is 9.80 Å². The van der Waals surface area contributed by atoms with Crippen LogP contribution in [0, 0.1) is 12.8 Å². The Labute approximate surface area is 127 Å². The summed E-state index contributed by atoms with van der Waals surface area (Å²) in [6.07, 6.45) is 0. The number of nitrogens with two attached hydrogens (primary N) is 1. The van der Waals surface area contributed by atoms with Crippen LogP contribution in [0.1, 0.15) is 24.1 Å². The summed E-state index contributed by atoms with van der Waals surface area (Å²) in [4.78, 5) is 5.05. The summed E-state index contributed by atoms with van der Waals surface area (Å²) in [6, 6.07) is 6.43. The van der Waals surface area contributed by atoms with Gasteiger partial charge in [0.2, 0.25) is 0 Å². The molecular weight excluding hydrogens is 262 g/mol. The lowest BCUT2D eigenvalue weighted by Gasteiger charge is -2.39. The van der Waals surface area contributed by atoms with Gasteiger partial charge in [-0.3, -0.25) is 0 Å². The summed E-state index contributed by atoms with van der Waals surface area (Å²) in [5, 5.41) is 0. The Bertz CT molecular complexity index is 483. The topological polar surface area (TPSA) is 41.7 Å². The van der Waals surface area contributed by atoms with Crippen LogP contribution in [0.25, 0.3) is 0 Å². The second kappa shape index (κ2) is 6.34. The largest absolute Gasteiger partial charge is 0.493 e. The van der Waals surface area contributed by atoms with Gasteiger partial charge in [0.25, 0.3) is 0 Å². The fourth-order valence-corrected chi connectivity index (χ4v) is 3.40. The van der Waals surface area contributed by atoms with Gasteiger partial charge in [-0.2, -0.15) is 0 Å². The summed E-state index contributed by atoms with van der Waals surface area (Å²) in [5.41, 5.74) is 8.95. The molecule has 2 aliphatic heterocycles. The van der Waals surface area contributed by atoms with E-state index in [0.29, 0.717) is 5.92 Å². The van der Waals surface area contributed by atoms with E-state index in [-0.39, 0.29) is 6.04 Å². The number of likely N-dealkylation sites (N-methyl/N-ethyl adjacent to an activating group) is 1. The number of rotatable bonds is 3. The molecule has 2 atom stereocenters. The van der Waals surface area contributed by atoms with E-state index in [9.17, 15) is 0 Å². The van der Waals surface area contributed by atoms with Crippen molar-refractivity contribution in [3.8, 4) is 5.75 Å². The predicted molar refractivity (Wildman–Crippen MR) is 85.6 cm³/mol. The molecular formula is C17H27N3O. The van der Waals surface area contributed by atoms with Crippen LogP contribution in [-0.2, 0) is 0 Å². The van der Waals surface area contributed by atoms with Crippen molar-refractivity contribution < 1.29 is 4.74 Å². The van der Waals surface area contributed by atoms with Crippen molar-refractivity contribution in [2.75, 3.05) is 45.9 Å². The maximum atomic E-state index is 6.51. The summed E-state index contributed by atoms with van der Waals surface area (Å²) in [7, 11) is 0. The Balaban J connectivity index is 1.63. The first-order valence-electron chi connectivity index (χ1n) is 8.11. The van der Waals surface area contributed by atoms with Gasteiger partial charge < -0.3 is 20.3 Å². The summed E-state index contributed by atoms with van der Waals surface area (Å²) < 4.78 is 5.93. The Kier molecular flexibility index (Phi) is 4.48. The minimum Gasteiger partial charge on any atom is -0.493 e. The van der Waals surface area contributed by atoms with E-state index in [1.165, 1.54) is 24.2 Å². The number of benzene rings is 1. The molecule has 2 aliphatic rings. The van der Waals surface area contributed by atoms with Crippen molar-refractivity contribution in [1.29, 1.82) is 0 Å². The van der Waals surface area contributed by atoms with Crippen LogP contribution >= 0.6 is 0 Å². The molecule has 0 aliphatic carbocycles. The zero-order valence-corrected chi connectivity index (χ0v) is 13.2. The third-order valence-electron chi connectivity index (χ3n) is 4.89. The number of fused-ring (bicyclic) bond motifs is 1. The van der Waals surface area contributed by atoms with E-state index in [0.717, 1.165) is 38.5 Å². The number of hydrogen-bond acceptors (Lipinski definition) is 4. The highest BCUT2D eigenvalue weighted by Gasteiger charge is 2.30. The SMILES string of the molecule is CCN1CCN(CC2COc3ccc(C)cc3C2N)CC1. The zero-order valence-electron chi connectivity index (χ0n) is 13.2. The number of nitrogens with zero attached hydrogens (tertiary/aromatic N) is 2. The van der Waals surface area contributed by atoms with Gasteiger partial charge in [0.15, 0.2) is 0 Å². The highest BCUT2D eigenvalue weighted by molar-refractivity contribution is 5.40. The average molecular weight is 289 g/mol. The van der Waals surface area contributed by atoms with Crippen LogP contribution in [-0.4, -0.2) is 55.7 Å². The molecule has 2 unspecified atom stereocenters. The molecule has 0 radical (unpaired) electrons. The zero-order chi connectivity index (χ0) is 14.8. The van der Waals surface area contributed by atoms with Crippen molar-refractivity contribution in [2.45, 2.75) is 19.9 Å². The van der Waals surface area contributed by atoms with Crippen molar-refractivity contribution in [3.05, 3.63) is 29.3 Å². The third-order valence-corrected chi connectivity index (χ3v) is 4.89. The number of piperazine rings is 1. The molecule has 116 valence electrons. The number of aryl methyl sites for hydroxylation is 1. The third kappa shape index (κ3) is 3.23. The van der Waals surface area contributed by atoms with E-state index in [1.54, 1.807) is 0 Å². The number of hydrogen-bond donors (Lipinski definition) is 1. The molecule has 4 heteroatoms. The first kappa shape index (κ1) is 14.8. The molecule has 0 spiro atoms. The molecule has 0 amide bonds. The fraction of sp³-hybridized carbons (Fsp3) is 0.647. The van der Waals surface area contributed by atoms with Gasteiger partial charge in [0, 0.05) is 50.2 Å². The monoisotopic (exact) mass is 289 g/mol. The summed E-state index contributed by atoms with van der Waals surface area (Å²) in [6.45, 7) is 11.9. The Morgan fingerprint density at radius 3 is 2.62 bits per heavy atom. The van der Waals surface area contributed by atoms with E-state index >= 15 is 0 Å². The first-order valence-corrected chi connectivity index (χ1v) is 8.11. The lowest BCUT2D eigenvalue weighted by Crippen LogP contribution is -2.49. The molecule has 1 aromatic carbocycles. The smallest absolute Gasteiger partial charge is 0.124 e. The van der Waals surface area contributed by atoms with Gasteiger partial charge >= 0.3 is 0 Å². The van der Waals surface area contributed by atoms with Crippen LogP contribution < -0.4 is 10.5 Å². The quantitative estimate of drug-likeness (QED) is 0.918. The Morgan fingerprint density at radius 1 is 1.19 bits per heavy atom. The van der Waals surface area contributed by atoms with Crippen LogP contribution in [0.3, 0.4) is 0 Å². The highest BCUT2D eigenvalue weighted by Crippen LogP contribution is 2.34. The molecule has 0 saturated carbocycles. The van der Waals surface area contributed by atoms with Crippen LogP contribution in [0.4, 0.5) is 0 Å². The number of ether oxygens (including phenoxy) is 1. The standard InChI is InChI=1S/C17H27N3O/c1-3-19-6-8-20(9-7-19)11-14-12-21-16-5-4-13(2)10-15(16)17(14)18/h4-5,10,14,17H,3,6-9,11-12,18H2,1-2H3. The Morgan fingerprint density at radius 2 is 1.90 bits per heavy atom. The van der Waals surface area contributed by atoms with Gasteiger partial charge in [0.05, 0.1) is 6.61 Å². The molecule has 2 heterocycles. The molecule has 1 aromatic rings. The molecule has 0 aromatic heterocycles. The van der Waals surface area contributed by atoms with E-state index in [1.807, 2.05) is 0 Å². The normalized spacial score (nSPS) is 27.2. The van der Waals surface area contributed by atoms with Crippen LogP contribution in [0.2, 0.25) is 0 Å². The van der Waals surface area contributed by atoms with Gasteiger partial charge in [-0.25, -0.2) is 0 Å². The Hall–Kier alpha value is -1.10. The van der Waals surface area contributed by atoms with Crippen LogP contribution in [0.5, 0.6) is 5.75 Å². The maximum Gasteiger partial charge on any atom is 0.124 e. The highest BCUT2D eigenvalue weighted by atomic mass is 16.5. The fourth-order valence-electron chi connectivity index (χ4n) is 3.40. The second-order valence-electron chi connectivity index (χ2n) is 6.37. The van der Waals surface area contributed by atoms with E-state index in [4.69, 9.17) is 10.5 Å². The van der Waals surface area contributed by atoms with Gasteiger partial charge in [-0.1, -0.05) is 24.6 Å². The second-order valence-corrected chi connectivity index (χ2v) is 6.37. The maximum absolute atomic E-state index is 6.51. The summed E-state index contributed by atoms with van der Waals surface area (Å²) in [5.74, 6) is 1.37.